The Morgan fingerprint density at radius 1 is 1.18 bits per heavy atom. The fourth-order valence-corrected chi connectivity index (χ4v) is 4.35. The van der Waals surface area contributed by atoms with Crippen LogP contribution in [0.25, 0.3) is 0 Å². The highest BCUT2D eigenvalue weighted by Gasteiger charge is 2.29. The molecule has 1 aromatic rings. The van der Waals surface area contributed by atoms with Crippen LogP contribution in [-0.4, -0.2) is 53.4 Å². The molecule has 0 radical (unpaired) electrons. The molecule has 1 aromatic carbocycles. The Hall–Kier alpha value is -1.00. The van der Waals surface area contributed by atoms with Crippen molar-refractivity contribution in [3.8, 4) is 0 Å². The van der Waals surface area contributed by atoms with Crippen LogP contribution in [0.4, 0.5) is 0 Å². The van der Waals surface area contributed by atoms with Crippen LogP contribution in [-0.2, 0) is 11.3 Å². The van der Waals surface area contributed by atoms with Crippen molar-refractivity contribution in [2.24, 2.45) is 5.92 Å². The van der Waals surface area contributed by atoms with Gasteiger partial charge in [-0.3, -0.25) is 9.69 Å². The van der Waals surface area contributed by atoms with E-state index in [2.05, 4.69) is 41.0 Å². The van der Waals surface area contributed by atoms with Crippen molar-refractivity contribution in [1.82, 2.24) is 9.80 Å². The molecule has 4 heteroatoms. The lowest BCUT2D eigenvalue weighted by atomic mass is 9.94. The van der Waals surface area contributed by atoms with Crippen molar-refractivity contribution >= 4 is 17.7 Å². The van der Waals surface area contributed by atoms with Crippen LogP contribution >= 0.6 is 11.8 Å². The van der Waals surface area contributed by atoms with Crippen molar-refractivity contribution in [2.45, 2.75) is 26.3 Å². The predicted octanol–water partition coefficient (Wildman–Crippen LogP) is 2.78. The van der Waals surface area contributed by atoms with Gasteiger partial charge in [0.05, 0.1) is 0 Å². The maximum absolute atomic E-state index is 12.6. The summed E-state index contributed by atoms with van der Waals surface area (Å²) >= 11 is 1.96. The number of hydrogen-bond donors (Lipinski definition) is 0. The quantitative estimate of drug-likeness (QED) is 0.856. The van der Waals surface area contributed by atoms with E-state index in [1.807, 2.05) is 11.8 Å². The summed E-state index contributed by atoms with van der Waals surface area (Å²) in [6.07, 6.45) is 2.04. The second-order valence-corrected chi connectivity index (χ2v) is 7.70. The molecular formula is C18H26N2OS. The van der Waals surface area contributed by atoms with E-state index >= 15 is 0 Å². The molecule has 2 fully saturated rings. The molecular weight excluding hydrogens is 292 g/mol. The van der Waals surface area contributed by atoms with Crippen LogP contribution in [0.3, 0.4) is 0 Å². The highest BCUT2D eigenvalue weighted by atomic mass is 32.2. The molecule has 2 aliphatic rings. The van der Waals surface area contributed by atoms with E-state index in [1.165, 1.54) is 11.1 Å². The van der Waals surface area contributed by atoms with Gasteiger partial charge in [-0.15, -0.1) is 0 Å². The summed E-state index contributed by atoms with van der Waals surface area (Å²) in [5, 5.41) is 0. The van der Waals surface area contributed by atoms with Crippen LogP contribution in [0.1, 0.15) is 24.0 Å². The molecule has 2 aliphatic heterocycles. The van der Waals surface area contributed by atoms with Gasteiger partial charge in [0.15, 0.2) is 0 Å². The second-order valence-electron chi connectivity index (χ2n) is 6.48. The van der Waals surface area contributed by atoms with Crippen LogP contribution in [0.15, 0.2) is 24.3 Å². The largest absolute Gasteiger partial charge is 0.341 e. The molecule has 0 spiro atoms. The topological polar surface area (TPSA) is 23.6 Å². The van der Waals surface area contributed by atoms with E-state index in [0.717, 1.165) is 57.1 Å². The van der Waals surface area contributed by atoms with Crippen LogP contribution in [0.5, 0.6) is 0 Å². The van der Waals surface area contributed by atoms with E-state index in [4.69, 9.17) is 0 Å². The molecule has 22 heavy (non-hydrogen) atoms. The maximum Gasteiger partial charge on any atom is 0.225 e. The third-order valence-corrected chi connectivity index (χ3v) is 5.69. The molecule has 0 N–H and O–H groups in total. The second kappa shape index (κ2) is 7.51. The third kappa shape index (κ3) is 4.05. The Bertz CT molecular complexity index is 506. The van der Waals surface area contributed by atoms with Gasteiger partial charge in [0, 0.05) is 37.1 Å². The summed E-state index contributed by atoms with van der Waals surface area (Å²) in [6.45, 7) is 7.16. The Kier molecular flexibility index (Phi) is 5.42. The molecule has 3 rings (SSSR count). The molecule has 0 aromatic heterocycles. The average molecular weight is 318 g/mol. The molecule has 1 amide bonds. The van der Waals surface area contributed by atoms with E-state index in [-0.39, 0.29) is 5.92 Å². The molecule has 0 unspecified atom stereocenters. The summed E-state index contributed by atoms with van der Waals surface area (Å²) in [7, 11) is 0. The van der Waals surface area contributed by atoms with Gasteiger partial charge in [0.25, 0.3) is 0 Å². The van der Waals surface area contributed by atoms with Gasteiger partial charge >= 0.3 is 0 Å². The van der Waals surface area contributed by atoms with Crippen LogP contribution < -0.4 is 0 Å². The summed E-state index contributed by atoms with van der Waals surface area (Å²) in [6, 6.07) is 8.75. The SMILES string of the molecule is Cc1cccc(CN2CCC(C(=O)N3CCSCC3)CC2)c1. The Labute approximate surface area is 138 Å². The van der Waals surface area contributed by atoms with Gasteiger partial charge in [-0.05, 0) is 38.4 Å². The predicted molar refractivity (Wildman–Crippen MR) is 93.1 cm³/mol. The zero-order valence-electron chi connectivity index (χ0n) is 13.5. The number of rotatable bonds is 3. The van der Waals surface area contributed by atoms with Gasteiger partial charge in [-0.1, -0.05) is 29.8 Å². The minimum atomic E-state index is 0.261. The minimum Gasteiger partial charge on any atom is -0.341 e. The Balaban J connectivity index is 1.48. The smallest absolute Gasteiger partial charge is 0.225 e. The van der Waals surface area contributed by atoms with Gasteiger partial charge in [-0.25, -0.2) is 0 Å². The fraction of sp³-hybridized carbons (Fsp3) is 0.611. The van der Waals surface area contributed by atoms with Crippen molar-refractivity contribution in [3.63, 3.8) is 0 Å². The number of carbonyl (C=O) groups excluding carboxylic acids is 1. The number of aryl methyl sites for hydroxylation is 1. The molecule has 0 atom stereocenters. The first-order valence-corrected chi connectivity index (χ1v) is 9.52. The molecule has 2 heterocycles. The third-order valence-electron chi connectivity index (χ3n) is 4.75. The molecule has 0 saturated carbocycles. The summed E-state index contributed by atoms with van der Waals surface area (Å²) in [5.41, 5.74) is 2.71. The normalized spacial score (nSPS) is 21.0. The van der Waals surface area contributed by atoms with Gasteiger partial charge < -0.3 is 4.90 Å². The van der Waals surface area contributed by atoms with Crippen LogP contribution in [0, 0.1) is 12.8 Å². The number of thioether (sulfide) groups is 1. The van der Waals surface area contributed by atoms with E-state index in [9.17, 15) is 4.79 Å². The first-order valence-electron chi connectivity index (χ1n) is 8.37. The highest BCUT2D eigenvalue weighted by Crippen LogP contribution is 2.23. The summed E-state index contributed by atoms with van der Waals surface area (Å²) in [4.78, 5) is 17.1. The van der Waals surface area contributed by atoms with Crippen molar-refractivity contribution in [3.05, 3.63) is 35.4 Å². The van der Waals surface area contributed by atoms with E-state index in [1.54, 1.807) is 0 Å². The molecule has 120 valence electrons. The number of nitrogens with zero attached hydrogens (tertiary/aromatic N) is 2. The van der Waals surface area contributed by atoms with Gasteiger partial charge in [-0.2, -0.15) is 11.8 Å². The highest BCUT2D eigenvalue weighted by molar-refractivity contribution is 7.99. The standard InChI is InChI=1S/C18H26N2OS/c1-15-3-2-4-16(13-15)14-19-7-5-17(6-8-19)18(21)20-9-11-22-12-10-20/h2-4,13,17H,5-12,14H2,1H3. The number of amides is 1. The lowest BCUT2D eigenvalue weighted by molar-refractivity contribution is -0.136. The van der Waals surface area contributed by atoms with Gasteiger partial charge in [0.1, 0.15) is 0 Å². The Morgan fingerprint density at radius 3 is 2.59 bits per heavy atom. The van der Waals surface area contributed by atoms with E-state index in [0.29, 0.717) is 5.91 Å². The zero-order valence-corrected chi connectivity index (χ0v) is 14.3. The summed E-state index contributed by atoms with van der Waals surface area (Å²) in [5.74, 6) is 2.89. The van der Waals surface area contributed by atoms with Gasteiger partial charge in [0.2, 0.25) is 5.91 Å². The number of carbonyl (C=O) groups is 1. The molecule has 3 nitrogen and oxygen atoms in total. The number of hydrogen-bond acceptors (Lipinski definition) is 3. The Morgan fingerprint density at radius 2 is 1.91 bits per heavy atom. The van der Waals surface area contributed by atoms with Crippen molar-refractivity contribution in [2.75, 3.05) is 37.7 Å². The molecule has 0 bridgehead atoms. The first-order chi connectivity index (χ1) is 10.7. The molecule has 2 saturated heterocycles. The first kappa shape index (κ1) is 15.9. The number of benzene rings is 1. The lowest BCUT2D eigenvalue weighted by Crippen LogP contribution is -2.45. The number of likely N-dealkylation sites (tertiary alicyclic amines) is 1. The van der Waals surface area contributed by atoms with Crippen molar-refractivity contribution < 1.29 is 4.79 Å². The summed E-state index contributed by atoms with van der Waals surface area (Å²) < 4.78 is 0. The van der Waals surface area contributed by atoms with Crippen LogP contribution in [0.2, 0.25) is 0 Å². The van der Waals surface area contributed by atoms with E-state index < -0.39 is 0 Å². The van der Waals surface area contributed by atoms with Crippen molar-refractivity contribution in [1.29, 1.82) is 0 Å². The lowest BCUT2D eigenvalue weighted by Gasteiger charge is -2.35. The minimum absolute atomic E-state index is 0.261. The number of piperidine rings is 1. The molecule has 0 aliphatic carbocycles. The fourth-order valence-electron chi connectivity index (χ4n) is 3.45. The zero-order chi connectivity index (χ0) is 15.4. The maximum atomic E-state index is 12.6. The monoisotopic (exact) mass is 318 g/mol. The average Bonchev–Trinajstić information content (AvgIpc) is 2.56.